The maximum absolute atomic E-state index is 12.2. The molecule has 0 spiro atoms. The molecule has 0 amide bonds. The Bertz CT molecular complexity index is 598. The van der Waals surface area contributed by atoms with Gasteiger partial charge in [0.05, 0.1) is 13.2 Å². The van der Waals surface area contributed by atoms with Crippen molar-refractivity contribution >= 4 is 7.82 Å². The van der Waals surface area contributed by atoms with Crippen LogP contribution in [0.5, 0.6) is 0 Å². The number of phosphoric ester groups is 1. The van der Waals surface area contributed by atoms with Crippen molar-refractivity contribution in [3.8, 4) is 0 Å². The highest BCUT2D eigenvalue weighted by Gasteiger charge is 2.20. The molecule has 0 saturated heterocycles. The highest BCUT2D eigenvalue weighted by Crippen LogP contribution is 2.43. The maximum Gasteiger partial charge on any atom is 0.472 e. The molecular formula is C40H84NO4P. The average Bonchev–Trinajstić information content (AvgIpc) is 3.04. The molecule has 0 aliphatic heterocycles. The van der Waals surface area contributed by atoms with Crippen LogP contribution in [0.4, 0.5) is 0 Å². The molecule has 1 atom stereocenters. The van der Waals surface area contributed by atoms with E-state index in [2.05, 4.69) is 25.7 Å². The first-order valence-corrected chi connectivity index (χ1v) is 22.4. The van der Waals surface area contributed by atoms with Crippen LogP contribution in [0.2, 0.25) is 0 Å². The van der Waals surface area contributed by atoms with Gasteiger partial charge in [0, 0.05) is 0 Å². The van der Waals surface area contributed by atoms with Crippen molar-refractivity contribution in [2.24, 2.45) is 0 Å². The molecule has 0 rings (SSSR count). The highest BCUT2D eigenvalue weighted by molar-refractivity contribution is 7.47. The Labute approximate surface area is 289 Å². The summed E-state index contributed by atoms with van der Waals surface area (Å²) in [6, 6.07) is 0. The van der Waals surface area contributed by atoms with E-state index < -0.39 is 7.82 Å². The zero-order chi connectivity index (χ0) is 33.7. The van der Waals surface area contributed by atoms with Gasteiger partial charge in [-0.2, -0.15) is 0 Å². The first-order valence-electron chi connectivity index (χ1n) is 20.9. The molecule has 1 unspecified atom stereocenters. The van der Waals surface area contributed by atoms with Crippen molar-refractivity contribution < 1.29 is 18.5 Å². The van der Waals surface area contributed by atoms with Crippen LogP contribution in [0.3, 0.4) is 0 Å². The third kappa shape index (κ3) is 36.9. The molecule has 0 aliphatic rings. The standard InChI is InChI=1S/C40H84NO4P/c1-4-7-10-13-16-19-22-26-31-36-41(37-32-27-23-20-17-14-11-8-5-2)38-33-28-25-30-35-40-45-46(42,43)44-39-34-29-24-21-18-15-12-9-6-3/h4-40H2,1-3H3,(H,42,43). The first-order chi connectivity index (χ1) is 22.6. The van der Waals surface area contributed by atoms with Crippen molar-refractivity contribution in [3.05, 3.63) is 0 Å². The van der Waals surface area contributed by atoms with Crippen LogP contribution in [0.25, 0.3) is 0 Å². The van der Waals surface area contributed by atoms with Gasteiger partial charge in [-0.3, -0.25) is 9.05 Å². The number of phosphoric acid groups is 1. The predicted octanol–water partition coefficient (Wildman–Crippen LogP) is 14.0. The third-order valence-electron chi connectivity index (χ3n) is 9.53. The Balaban J connectivity index is 3.96. The smallest absolute Gasteiger partial charge is 0.303 e. The predicted molar refractivity (Wildman–Crippen MR) is 203 cm³/mol. The SMILES string of the molecule is CCCCCCCCCCCOP(=O)(O)OCCCCCCCN(CCCCCCCCCCC)CCCCCCCCCCC. The van der Waals surface area contributed by atoms with E-state index in [1.54, 1.807) is 0 Å². The molecule has 0 aliphatic carbocycles. The van der Waals surface area contributed by atoms with Gasteiger partial charge >= 0.3 is 7.82 Å². The molecule has 1 N–H and O–H groups in total. The summed E-state index contributed by atoms with van der Waals surface area (Å²) in [6.07, 6.45) is 41.7. The van der Waals surface area contributed by atoms with Crippen molar-refractivity contribution in [1.82, 2.24) is 4.90 Å². The van der Waals surface area contributed by atoms with Crippen molar-refractivity contribution in [2.45, 2.75) is 226 Å². The van der Waals surface area contributed by atoms with Crippen LogP contribution in [0, 0.1) is 0 Å². The lowest BCUT2D eigenvalue weighted by Gasteiger charge is -2.22. The Morgan fingerprint density at radius 1 is 0.370 bits per heavy atom. The second kappa shape index (κ2) is 37.9. The fraction of sp³-hybridized carbons (Fsp3) is 1.00. The van der Waals surface area contributed by atoms with Crippen molar-refractivity contribution in [3.63, 3.8) is 0 Å². The molecule has 0 aromatic rings. The van der Waals surface area contributed by atoms with Crippen LogP contribution in [0.1, 0.15) is 226 Å². The monoisotopic (exact) mass is 674 g/mol. The molecule has 0 radical (unpaired) electrons. The van der Waals surface area contributed by atoms with Crippen LogP contribution in [0.15, 0.2) is 0 Å². The summed E-state index contributed by atoms with van der Waals surface area (Å²) in [7, 11) is -3.90. The van der Waals surface area contributed by atoms with Gasteiger partial charge in [0.1, 0.15) is 0 Å². The van der Waals surface area contributed by atoms with E-state index >= 15 is 0 Å². The van der Waals surface area contributed by atoms with E-state index in [0.29, 0.717) is 13.2 Å². The Hall–Kier alpha value is 0.0700. The van der Waals surface area contributed by atoms with Crippen LogP contribution < -0.4 is 0 Å². The number of unbranched alkanes of at least 4 members (excludes halogenated alkanes) is 28. The molecule has 0 heterocycles. The number of nitrogens with zero attached hydrogens (tertiary/aromatic N) is 1. The van der Waals surface area contributed by atoms with E-state index in [4.69, 9.17) is 9.05 Å². The molecular weight excluding hydrogens is 589 g/mol. The van der Waals surface area contributed by atoms with Gasteiger partial charge in [0.25, 0.3) is 0 Å². The number of hydrogen-bond donors (Lipinski definition) is 1. The molecule has 6 heteroatoms. The summed E-state index contributed by atoms with van der Waals surface area (Å²) in [4.78, 5) is 12.7. The maximum atomic E-state index is 12.2. The minimum atomic E-state index is -3.90. The minimum absolute atomic E-state index is 0.314. The van der Waals surface area contributed by atoms with Gasteiger partial charge < -0.3 is 9.79 Å². The molecule has 46 heavy (non-hydrogen) atoms. The molecule has 5 nitrogen and oxygen atoms in total. The molecule has 0 aromatic heterocycles. The van der Waals surface area contributed by atoms with Crippen LogP contribution >= 0.6 is 7.82 Å². The van der Waals surface area contributed by atoms with Gasteiger partial charge in [-0.1, -0.05) is 194 Å². The van der Waals surface area contributed by atoms with Gasteiger partial charge in [0.2, 0.25) is 0 Å². The van der Waals surface area contributed by atoms with Crippen molar-refractivity contribution in [1.29, 1.82) is 0 Å². The molecule has 0 bridgehead atoms. The fourth-order valence-electron chi connectivity index (χ4n) is 6.41. The fourth-order valence-corrected chi connectivity index (χ4v) is 7.20. The zero-order valence-corrected chi connectivity index (χ0v) is 32.6. The summed E-state index contributed by atoms with van der Waals surface area (Å²) in [5.74, 6) is 0. The van der Waals surface area contributed by atoms with Gasteiger partial charge in [-0.05, 0) is 51.7 Å². The number of rotatable bonds is 40. The van der Waals surface area contributed by atoms with Gasteiger partial charge in [-0.25, -0.2) is 4.57 Å². The molecule has 0 saturated carbocycles. The molecule has 0 aromatic carbocycles. The van der Waals surface area contributed by atoms with Gasteiger partial charge in [0.15, 0.2) is 0 Å². The zero-order valence-electron chi connectivity index (χ0n) is 31.7. The minimum Gasteiger partial charge on any atom is -0.303 e. The quantitative estimate of drug-likeness (QED) is 0.0518. The largest absolute Gasteiger partial charge is 0.472 e. The van der Waals surface area contributed by atoms with E-state index in [0.717, 1.165) is 25.7 Å². The molecule has 278 valence electrons. The van der Waals surface area contributed by atoms with Crippen LogP contribution in [-0.2, 0) is 13.6 Å². The Kier molecular flexibility index (Phi) is 37.9. The van der Waals surface area contributed by atoms with E-state index in [9.17, 15) is 9.46 Å². The second-order valence-corrected chi connectivity index (χ2v) is 15.7. The average molecular weight is 674 g/mol. The number of hydrogen-bond acceptors (Lipinski definition) is 4. The Morgan fingerprint density at radius 2 is 0.587 bits per heavy atom. The van der Waals surface area contributed by atoms with E-state index in [1.165, 1.54) is 199 Å². The first kappa shape index (κ1) is 46.1. The lowest BCUT2D eigenvalue weighted by Crippen LogP contribution is -2.27. The third-order valence-corrected chi connectivity index (χ3v) is 10.5. The Morgan fingerprint density at radius 3 is 0.848 bits per heavy atom. The van der Waals surface area contributed by atoms with E-state index in [1.807, 2.05) is 0 Å². The molecule has 0 fully saturated rings. The van der Waals surface area contributed by atoms with Gasteiger partial charge in [-0.15, -0.1) is 0 Å². The highest BCUT2D eigenvalue weighted by atomic mass is 31.2. The lowest BCUT2D eigenvalue weighted by molar-refractivity contribution is 0.145. The summed E-state index contributed by atoms with van der Waals surface area (Å²) < 4.78 is 22.6. The summed E-state index contributed by atoms with van der Waals surface area (Å²) >= 11 is 0. The topological polar surface area (TPSA) is 59.0 Å². The normalized spacial score (nSPS) is 13.2. The summed E-state index contributed by atoms with van der Waals surface area (Å²) in [6.45, 7) is 11.2. The lowest BCUT2D eigenvalue weighted by atomic mass is 10.1. The van der Waals surface area contributed by atoms with Crippen molar-refractivity contribution in [2.75, 3.05) is 32.8 Å². The van der Waals surface area contributed by atoms with Crippen LogP contribution in [-0.4, -0.2) is 42.6 Å². The second-order valence-electron chi connectivity index (χ2n) is 14.2. The summed E-state index contributed by atoms with van der Waals surface area (Å²) in [5, 5.41) is 0. The summed E-state index contributed by atoms with van der Waals surface area (Å²) in [5.41, 5.74) is 0. The van der Waals surface area contributed by atoms with E-state index in [-0.39, 0.29) is 0 Å².